The number of halogens is 1. The summed E-state index contributed by atoms with van der Waals surface area (Å²) in [7, 11) is 0. The van der Waals surface area contributed by atoms with Crippen molar-refractivity contribution in [2.45, 2.75) is 6.04 Å². The molecule has 0 radical (unpaired) electrons. The van der Waals surface area contributed by atoms with Gasteiger partial charge in [0.15, 0.2) is 4.80 Å². The summed E-state index contributed by atoms with van der Waals surface area (Å²) in [4.78, 5) is 29.8. The van der Waals surface area contributed by atoms with Crippen LogP contribution in [0.3, 0.4) is 0 Å². The molecule has 0 bridgehead atoms. The van der Waals surface area contributed by atoms with E-state index >= 15 is 0 Å². The minimum atomic E-state index is -0.445. The maximum absolute atomic E-state index is 13.6. The molecule has 3 aromatic carbocycles. The number of non-ortho nitro benzene ring substituents is 1. The van der Waals surface area contributed by atoms with Crippen molar-refractivity contribution in [1.82, 2.24) is 4.57 Å². The molecule has 0 saturated heterocycles. The molecule has 0 saturated carbocycles. The van der Waals surface area contributed by atoms with E-state index < -0.39 is 4.92 Å². The van der Waals surface area contributed by atoms with Crippen LogP contribution in [0.15, 0.2) is 116 Å². The predicted octanol–water partition coefficient (Wildman–Crippen LogP) is 5.93. The molecule has 5 aromatic rings. The van der Waals surface area contributed by atoms with Crippen LogP contribution in [0.1, 0.15) is 22.9 Å². The van der Waals surface area contributed by atoms with Gasteiger partial charge < -0.3 is 4.42 Å². The molecule has 1 aliphatic rings. The van der Waals surface area contributed by atoms with Gasteiger partial charge in [-0.2, -0.15) is 0 Å². The zero-order valence-corrected chi connectivity index (χ0v) is 22.1. The Bertz CT molecular complexity index is 1890. The van der Waals surface area contributed by atoms with E-state index in [1.54, 1.807) is 34.9 Å². The van der Waals surface area contributed by atoms with Gasteiger partial charge in [-0.1, -0.05) is 81.9 Å². The lowest BCUT2D eigenvalue weighted by Crippen LogP contribution is -2.36. The third-order valence-corrected chi connectivity index (χ3v) is 7.68. The fourth-order valence-electron chi connectivity index (χ4n) is 4.34. The Hall–Kier alpha value is -4.34. The first kappa shape index (κ1) is 24.0. The van der Waals surface area contributed by atoms with Crippen LogP contribution in [0.2, 0.25) is 0 Å². The molecule has 0 N–H and O–H groups in total. The van der Waals surface area contributed by atoms with E-state index in [1.807, 2.05) is 60.7 Å². The number of hydrogen-bond acceptors (Lipinski definition) is 6. The number of fused-ring (bicyclic) bond motifs is 1. The molecule has 0 spiro atoms. The molecule has 0 amide bonds. The lowest BCUT2D eigenvalue weighted by molar-refractivity contribution is -0.384. The number of nitro groups is 1. The molecule has 1 atom stereocenters. The van der Waals surface area contributed by atoms with Gasteiger partial charge in [0.25, 0.3) is 11.2 Å². The molecule has 3 heterocycles. The smallest absolute Gasteiger partial charge is 0.271 e. The second-order valence-corrected chi connectivity index (χ2v) is 10.5. The quantitative estimate of drug-likeness (QED) is 0.189. The van der Waals surface area contributed by atoms with Gasteiger partial charge in [-0.25, -0.2) is 4.99 Å². The standard InChI is InChI=1S/C29H18BrN3O4S/c30-21-11-9-19(10-12-21)25-17-24(18-5-2-1-3-6-18)31-29-32(25)28(34)27(38-29)16-23-13-14-26(37-23)20-7-4-8-22(15-20)33(35)36/h1-17,25H. The second kappa shape index (κ2) is 9.85. The van der Waals surface area contributed by atoms with Crippen LogP contribution in [0, 0.1) is 10.1 Å². The van der Waals surface area contributed by atoms with Crippen LogP contribution in [-0.2, 0) is 0 Å². The third-order valence-electron chi connectivity index (χ3n) is 6.17. The first-order valence-corrected chi connectivity index (χ1v) is 13.3. The van der Waals surface area contributed by atoms with Gasteiger partial charge in [0, 0.05) is 28.2 Å². The largest absolute Gasteiger partial charge is 0.457 e. The Labute approximate surface area is 228 Å². The fourth-order valence-corrected chi connectivity index (χ4v) is 5.60. The number of hydrogen-bond donors (Lipinski definition) is 0. The van der Waals surface area contributed by atoms with E-state index in [-0.39, 0.29) is 17.3 Å². The first-order chi connectivity index (χ1) is 18.5. The second-order valence-electron chi connectivity index (χ2n) is 8.60. The molecule has 0 aliphatic carbocycles. The highest BCUT2D eigenvalue weighted by Crippen LogP contribution is 2.28. The van der Waals surface area contributed by atoms with Crippen molar-refractivity contribution in [3.8, 4) is 11.3 Å². The topological polar surface area (TPSA) is 90.6 Å². The molecule has 1 unspecified atom stereocenters. The van der Waals surface area contributed by atoms with Crippen LogP contribution >= 0.6 is 27.3 Å². The minimum absolute atomic E-state index is 0.0177. The SMILES string of the molecule is O=c1c(=Cc2ccc(-c3cccc([N+](=O)[O-])c3)o2)sc2n1C(c1ccc(Br)cc1)C=C(c1ccccc1)N=2. The summed E-state index contributed by atoms with van der Waals surface area (Å²) >= 11 is 4.78. The maximum atomic E-state index is 13.6. The first-order valence-electron chi connectivity index (χ1n) is 11.7. The summed E-state index contributed by atoms with van der Waals surface area (Å²) in [6, 6.07) is 27.2. The van der Waals surface area contributed by atoms with Crippen LogP contribution in [0.5, 0.6) is 0 Å². The number of rotatable bonds is 5. The molecule has 6 rings (SSSR count). The number of thiazole rings is 1. The monoisotopic (exact) mass is 583 g/mol. The Morgan fingerprint density at radius 2 is 1.74 bits per heavy atom. The van der Waals surface area contributed by atoms with Crippen molar-refractivity contribution >= 4 is 44.7 Å². The van der Waals surface area contributed by atoms with Gasteiger partial charge in [-0.3, -0.25) is 19.5 Å². The van der Waals surface area contributed by atoms with E-state index in [2.05, 4.69) is 15.9 Å². The molecule has 38 heavy (non-hydrogen) atoms. The summed E-state index contributed by atoms with van der Waals surface area (Å²) < 4.78 is 9.08. The van der Waals surface area contributed by atoms with E-state index in [9.17, 15) is 14.9 Å². The summed E-state index contributed by atoms with van der Waals surface area (Å²) in [5.41, 5.74) is 3.14. The Morgan fingerprint density at radius 3 is 2.50 bits per heavy atom. The predicted molar refractivity (Wildman–Crippen MR) is 150 cm³/mol. The Kier molecular flexibility index (Phi) is 6.22. The van der Waals surface area contributed by atoms with Crippen molar-refractivity contribution in [3.63, 3.8) is 0 Å². The summed E-state index contributed by atoms with van der Waals surface area (Å²) in [6.07, 6.45) is 3.70. The van der Waals surface area contributed by atoms with Crippen LogP contribution in [0.4, 0.5) is 5.69 Å². The average Bonchev–Trinajstić information content (AvgIpc) is 3.54. The van der Waals surface area contributed by atoms with E-state index in [4.69, 9.17) is 9.41 Å². The van der Waals surface area contributed by atoms with E-state index in [1.165, 1.54) is 23.5 Å². The zero-order valence-electron chi connectivity index (χ0n) is 19.7. The van der Waals surface area contributed by atoms with Gasteiger partial charge in [0.05, 0.1) is 21.2 Å². The number of furan rings is 1. The third kappa shape index (κ3) is 4.57. The van der Waals surface area contributed by atoms with Crippen molar-refractivity contribution in [2.24, 2.45) is 4.99 Å². The van der Waals surface area contributed by atoms with Gasteiger partial charge in [-0.05, 0) is 41.5 Å². The molecule has 2 aromatic heterocycles. The molecule has 1 aliphatic heterocycles. The molecule has 7 nitrogen and oxygen atoms in total. The van der Waals surface area contributed by atoms with Gasteiger partial charge >= 0.3 is 0 Å². The van der Waals surface area contributed by atoms with Crippen LogP contribution in [0.25, 0.3) is 23.1 Å². The minimum Gasteiger partial charge on any atom is -0.457 e. The lowest BCUT2D eigenvalue weighted by atomic mass is 10.0. The number of benzene rings is 3. The normalized spacial score (nSPS) is 15.0. The highest BCUT2D eigenvalue weighted by molar-refractivity contribution is 9.10. The van der Waals surface area contributed by atoms with Crippen molar-refractivity contribution in [1.29, 1.82) is 0 Å². The number of aromatic nitrogens is 1. The molecule has 0 fully saturated rings. The van der Waals surface area contributed by atoms with E-state index in [0.29, 0.717) is 26.4 Å². The Morgan fingerprint density at radius 1 is 0.974 bits per heavy atom. The van der Waals surface area contributed by atoms with Crippen molar-refractivity contribution < 1.29 is 9.34 Å². The number of nitro benzene ring substituents is 1. The average molecular weight is 584 g/mol. The van der Waals surface area contributed by atoms with Gasteiger partial charge in [0.1, 0.15) is 11.5 Å². The van der Waals surface area contributed by atoms with Gasteiger partial charge in [-0.15, -0.1) is 0 Å². The van der Waals surface area contributed by atoms with Crippen molar-refractivity contribution in [2.75, 3.05) is 0 Å². The summed E-state index contributed by atoms with van der Waals surface area (Å²) in [5.74, 6) is 0.950. The summed E-state index contributed by atoms with van der Waals surface area (Å²) in [6.45, 7) is 0. The summed E-state index contributed by atoms with van der Waals surface area (Å²) in [5, 5.41) is 11.1. The van der Waals surface area contributed by atoms with Crippen LogP contribution in [-0.4, -0.2) is 9.49 Å². The lowest BCUT2D eigenvalue weighted by Gasteiger charge is -2.19. The van der Waals surface area contributed by atoms with Crippen LogP contribution < -0.4 is 14.9 Å². The zero-order chi connectivity index (χ0) is 26.2. The number of nitrogens with zero attached hydrogens (tertiary/aromatic N) is 3. The highest BCUT2D eigenvalue weighted by Gasteiger charge is 2.22. The maximum Gasteiger partial charge on any atom is 0.271 e. The van der Waals surface area contributed by atoms with Crippen molar-refractivity contribution in [3.05, 3.63) is 148 Å². The van der Waals surface area contributed by atoms with E-state index in [0.717, 1.165) is 21.3 Å². The molecule has 186 valence electrons. The molecular weight excluding hydrogens is 566 g/mol. The Balaban J connectivity index is 1.46. The molecule has 9 heteroatoms. The van der Waals surface area contributed by atoms with Gasteiger partial charge in [0.2, 0.25) is 0 Å². The molecular formula is C29H18BrN3O4S. The highest BCUT2D eigenvalue weighted by atomic mass is 79.9. The fraction of sp³-hybridized carbons (Fsp3) is 0.0345. The number of allylic oxidation sites excluding steroid dienone is 1.